The topological polar surface area (TPSA) is 57.7 Å². The monoisotopic (exact) mass is 224 g/mol. The third-order valence-corrected chi connectivity index (χ3v) is 3.64. The fraction of sp³-hybridized carbons (Fsp3) is 0.727. The van der Waals surface area contributed by atoms with Gasteiger partial charge in [0.05, 0.1) is 0 Å². The van der Waals surface area contributed by atoms with E-state index in [2.05, 4.69) is 0 Å². The van der Waals surface area contributed by atoms with Crippen LogP contribution in [0.2, 0.25) is 0 Å². The van der Waals surface area contributed by atoms with Crippen LogP contribution in [-0.2, 0) is 9.59 Å². The van der Waals surface area contributed by atoms with Crippen molar-refractivity contribution in [3.63, 3.8) is 0 Å². The van der Waals surface area contributed by atoms with E-state index in [4.69, 9.17) is 0 Å². The van der Waals surface area contributed by atoms with Crippen molar-refractivity contribution in [1.29, 1.82) is 0 Å². The van der Waals surface area contributed by atoms with E-state index in [9.17, 15) is 14.4 Å². The molecule has 0 N–H and O–H groups in total. The van der Waals surface area contributed by atoms with E-state index in [1.165, 1.54) is 14.1 Å². The summed E-state index contributed by atoms with van der Waals surface area (Å²) in [5.74, 6) is -1.17. The van der Waals surface area contributed by atoms with Gasteiger partial charge in [0.1, 0.15) is 5.92 Å². The van der Waals surface area contributed by atoms with Crippen LogP contribution in [0.25, 0.3) is 0 Å². The predicted octanol–water partition coefficient (Wildman–Crippen LogP) is 0.843. The van der Waals surface area contributed by atoms with Gasteiger partial charge >= 0.3 is 6.03 Å². The summed E-state index contributed by atoms with van der Waals surface area (Å²) in [5, 5.41) is 0. The van der Waals surface area contributed by atoms with Gasteiger partial charge in [0, 0.05) is 14.1 Å². The van der Waals surface area contributed by atoms with Crippen LogP contribution in [0.3, 0.4) is 0 Å². The molecule has 1 saturated heterocycles. The quantitative estimate of drug-likeness (QED) is 0.620. The Morgan fingerprint density at radius 1 is 0.938 bits per heavy atom. The number of nitrogens with zero attached hydrogens (tertiary/aromatic N) is 2. The van der Waals surface area contributed by atoms with E-state index < -0.39 is 11.9 Å². The van der Waals surface area contributed by atoms with Gasteiger partial charge < -0.3 is 0 Å². The highest BCUT2D eigenvalue weighted by molar-refractivity contribution is 6.15. The third kappa shape index (κ3) is 1.50. The van der Waals surface area contributed by atoms with Gasteiger partial charge in [-0.2, -0.15) is 0 Å². The van der Waals surface area contributed by atoms with Crippen molar-refractivity contribution in [1.82, 2.24) is 9.80 Å². The maximum absolute atomic E-state index is 11.9. The summed E-state index contributed by atoms with van der Waals surface area (Å²) >= 11 is 0. The van der Waals surface area contributed by atoms with Crippen LogP contribution in [-0.4, -0.2) is 41.7 Å². The highest BCUT2D eigenvalue weighted by Gasteiger charge is 2.46. The van der Waals surface area contributed by atoms with E-state index >= 15 is 0 Å². The zero-order valence-corrected chi connectivity index (χ0v) is 9.60. The highest BCUT2D eigenvalue weighted by atomic mass is 16.2. The second kappa shape index (κ2) is 3.88. The first-order valence-electron chi connectivity index (χ1n) is 5.63. The number of rotatable bonds is 1. The molecule has 0 aromatic heterocycles. The lowest BCUT2D eigenvalue weighted by molar-refractivity contribution is -0.150. The molecule has 0 bridgehead atoms. The summed E-state index contributed by atoms with van der Waals surface area (Å²) in [7, 11) is 2.88. The Labute approximate surface area is 94.4 Å². The van der Waals surface area contributed by atoms with Crippen LogP contribution in [0.15, 0.2) is 0 Å². The van der Waals surface area contributed by atoms with Gasteiger partial charge in [0.25, 0.3) is 0 Å². The zero-order valence-electron chi connectivity index (χ0n) is 9.60. The first-order chi connectivity index (χ1) is 7.54. The Bertz CT molecular complexity index is 323. The van der Waals surface area contributed by atoms with Crippen molar-refractivity contribution in [2.45, 2.75) is 25.7 Å². The molecule has 1 aliphatic heterocycles. The Morgan fingerprint density at radius 3 is 1.81 bits per heavy atom. The first-order valence-corrected chi connectivity index (χ1v) is 5.63. The minimum absolute atomic E-state index is 0.123. The summed E-state index contributed by atoms with van der Waals surface area (Å²) < 4.78 is 0. The summed E-state index contributed by atoms with van der Waals surface area (Å²) in [4.78, 5) is 37.5. The standard InChI is InChI=1S/C11H16N2O3/c1-12-9(14)8(7-5-3-4-6-7)10(15)13(2)11(12)16/h7-8H,3-6H2,1-2H3. The van der Waals surface area contributed by atoms with Crippen LogP contribution in [0, 0.1) is 11.8 Å². The molecule has 2 rings (SSSR count). The highest BCUT2D eigenvalue weighted by Crippen LogP contribution is 2.35. The number of hydrogen-bond donors (Lipinski definition) is 0. The van der Waals surface area contributed by atoms with Gasteiger partial charge in [-0.3, -0.25) is 19.4 Å². The van der Waals surface area contributed by atoms with Gasteiger partial charge in [-0.25, -0.2) is 4.79 Å². The average molecular weight is 224 g/mol. The van der Waals surface area contributed by atoms with Gasteiger partial charge in [0.15, 0.2) is 0 Å². The van der Waals surface area contributed by atoms with Gasteiger partial charge in [0.2, 0.25) is 11.8 Å². The average Bonchev–Trinajstić information content (AvgIpc) is 2.77. The second-order valence-electron chi connectivity index (χ2n) is 4.60. The molecule has 0 radical (unpaired) electrons. The molecule has 5 heteroatoms. The van der Waals surface area contributed by atoms with E-state index in [1.807, 2.05) is 0 Å². The zero-order chi connectivity index (χ0) is 11.9. The molecule has 0 spiro atoms. The van der Waals surface area contributed by atoms with E-state index in [-0.39, 0.29) is 17.7 Å². The van der Waals surface area contributed by atoms with Crippen molar-refractivity contribution in [3.8, 4) is 0 Å². The Kier molecular flexibility index (Phi) is 2.69. The molecule has 88 valence electrons. The summed E-state index contributed by atoms with van der Waals surface area (Å²) in [6, 6.07) is -0.524. The molecule has 1 heterocycles. The number of barbiturate groups is 1. The molecule has 4 amide bonds. The van der Waals surface area contributed by atoms with Crippen molar-refractivity contribution < 1.29 is 14.4 Å². The molecule has 0 atom stereocenters. The Balaban J connectivity index is 2.26. The molecule has 2 aliphatic rings. The lowest BCUT2D eigenvalue weighted by Gasteiger charge is -2.35. The molecule has 0 unspecified atom stereocenters. The third-order valence-electron chi connectivity index (χ3n) is 3.64. The smallest absolute Gasteiger partial charge is 0.273 e. The first kappa shape index (κ1) is 11.1. The lowest BCUT2D eigenvalue weighted by Crippen LogP contribution is -2.58. The Morgan fingerprint density at radius 2 is 1.38 bits per heavy atom. The molecular weight excluding hydrogens is 208 g/mol. The molecule has 0 aromatic carbocycles. The van der Waals surface area contributed by atoms with E-state index in [1.54, 1.807) is 0 Å². The number of urea groups is 1. The van der Waals surface area contributed by atoms with E-state index in [0.29, 0.717) is 0 Å². The fourth-order valence-electron chi connectivity index (χ4n) is 2.63. The van der Waals surface area contributed by atoms with Gasteiger partial charge in [-0.15, -0.1) is 0 Å². The maximum atomic E-state index is 11.9. The van der Waals surface area contributed by atoms with Crippen LogP contribution < -0.4 is 0 Å². The van der Waals surface area contributed by atoms with Crippen molar-refractivity contribution in [3.05, 3.63) is 0 Å². The van der Waals surface area contributed by atoms with Gasteiger partial charge in [-0.05, 0) is 18.8 Å². The molecular formula is C11H16N2O3. The fourth-order valence-corrected chi connectivity index (χ4v) is 2.63. The minimum atomic E-state index is -0.629. The molecule has 0 aromatic rings. The molecule has 1 aliphatic carbocycles. The summed E-state index contributed by atoms with van der Waals surface area (Å²) in [5.41, 5.74) is 0. The van der Waals surface area contributed by atoms with Gasteiger partial charge in [-0.1, -0.05) is 12.8 Å². The summed E-state index contributed by atoms with van der Waals surface area (Å²) in [6.45, 7) is 0. The number of carbonyl (C=O) groups excluding carboxylic acids is 3. The molecule has 5 nitrogen and oxygen atoms in total. The number of hydrogen-bond acceptors (Lipinski definition) is 3. The van der Waals surface area contributed by atoms with Crippen LogP contribution in [0.4, 0.5) is 4.79 Å². The van der Waals surface area contributed by atoms with E-state index in [0.717, 1.165) is 35.5 Å². The lowest BCUT2D eigenvalue weighted by atomic mass is 9.87. The van der Waals surface area contributed by atoms with Crippen molar-refractivity contribution in [2.24, 2.45) is 11.8 Å². The summed E-state index contributed by atoms with van der Waals surface area (Å²) in [6.07, 6.45) is 3.97. The van der Waals surface area contributed by atoms with Crippen LogP contribution in [0.5, 0.6) is 0 Å². The molecule has 16 heavy (non-hydrogen) atoms. The predicted molar refractivity (Wildman–Crippen MR) is 56.4 cm³/mol. The Hall–Kier alpha value is -1.39. The maximum Gasteiger partial charge on any atom is 0.332 e. The molecule has 1 saturated carbocycles. The number of carbonyl (C=O) groups is 3. The minimum Gasteiger partial charge on any atom is -0.273 e. The van der Waals surface area contributed by atoms with Crippen LogP contribution in [0.1, 0.15) is 25.7 Å². The largest absolute Gasteiger partial charge is 0.332 e. The van der Waals surface area contributed by atoms with Crippen LogP contribution >= 0.6 is 0 Å². The second-order valence-corrected chi connectivity index (χ2v) is 4.60. The number of imide groups is 2. The van der Waals surface area contributed by atoms with Crippen molar-refractivity contribution in [2.75, 3.05) is 14.1 Å². The normalized spacial score (nSPS) is 24.8. The van der Waals surface area contributed by atoms with Crippen molar-refractivity contribution >= 4 is 17.8 Å². The molecule has 2 fully saturated rings. The SMILES string of the molecule is CN1C(=O)C(C2CCCC2)C(=O)N(C)C1=O. The number of amides is 4.